The molecule has 6 nitrogen and oxygen atoms in total. The van der Waals surface area contributed by atoms with Crippen LogP contribution in [0.15, 0.2) is 51.7 Å². The first-order valence-electron chi connectivity index (χ1n) is 9.03. The number of amides is 1. The van der Waals surface area contributed by atoms with E-state index < -0.39 is 5.76 Å². The molecule has 1 N–H and O–H groups in total. The zero-order valence-corrected chi connectivity index (χ0v) is 16.0. The summed E-state index contributed by atoms with van der Waals surface area (Å²) in [4.78, 5) is 24.2. The van der Waals surface area contributed by atoms with Crippen LogP contribution in [0.2, 0.25) is 0 Å². The predicted molar refractivity (Wildman–Crippen MR) is 106 cm³/mol. The van der Waals surface area contributed by atoms with Crippen molar-refractivity contribution in [1.82, 2.24) is 4.57 Å². The van der Waals surface area contributed by atoms with Crippen molar-refractivity contribution >= 4 is 22.7 Å². The van der Waals surface area contributed by atoms with Gasteiger partial charge in [-0.3, -0.25) is 9.36 Å². The van der Waals surface area contributed by atoms with E-state index >= 15 is 0 Å². The number of hydrogen-bond acceptors (Lipinski definition) is 4. The maximum absolute atomic E-state index is 12.2. The van der Waals surface area contributed by atoms with Crippen molar-refractivity contribution in [3.63, 3.8) is 0 Å². The summed E-state index contributed by atoms with van der Waals surface area (Å²) >= 11 is 0. The van der Waals surface area contributed by atoms with Gasteiger partial charge in [-0.2, -0.15) is 0 Å². The molecule has 6 heteroatoms. The second kappa shape index (κ2) is 7.70. The second-order valence-corrected chi connectivity index (χ2v) is 7.04. The Morgan fingerprint density at radius 2 is 1.89 bits per heavy atom. The van der Waals surface area contributed by atoms with Gasteiger partial charge in [-0.1, -0.05) is 32.0 Å². The molecule has 1 amide bonds. The van der Waals surface area contributed by atoms with Crippen LogP contribution in [0.5, 0.6) is 5.75 Å². The summed E-state index contributed by atoms with van der Waals surface area (Å²) in [6.07, 6.45) is 0. The van der Waals surface area contributed by atoms with Crippen LogP contribution in [-0.2, 0) is 4.79 Å². The summed E-state index contributed by atoms with van der Waals surface area (Å²) in [5.41, 5.74) is 2.76. The summed E-state index contributed by atoms with van der Waals surface area (Å²) in [6, 6.07) is 12.8. The molecule has 1 aromatic heterocycles. The van der Waals surface area contributed by atoms with Gasteiger partial charge in [0.25, 0.3) is 5.91 Å². The molecule has 1 heterocycles. The quantitative estimate of drug-likeness (QED) is 0.703. The van der Waals surface area contributed by atoms with Gasteiger partial charge in [0, 0.05) is 17.8 Å². The van der Waals surface area contributed by atoms with Crippen LogP contribution in [0.4, 0.5) is 5.69 Å². The monoisotopic (exact) mass is 368 g/mol. The van der Waals surface area contributed by atoms with Gasteiger partial charge in [-0.05, 0) is 43.5 Å². The van der Waals surface area contributed by atoms with Crippen LogP contribution >= 0.6 is 0 Å². The molecule has 0 radical (unpaired) electrons. The van der Waals surface area contributed by atoms with Crippen LogP contribution in [0.3, 0.4) is 0 Å². The molecular weight excluding hydrogens is 344 g/mol. The number of anilines is 1. The van der Waals surface area contributed by atoms with E-state index in [0.29, 0.717) is 28.5 Å². The Morgan fingerprint density at radius 3 is 2.59 bits per heavy atom. The normalized spacial score (nSPS) is 11.3. The Balaban J connectivity index is 1.71. The summed E-state index contributed by atoms with van der Waals surface area (Å²) in [5.74, 6) is 0.327. The minimum Gasteiger partial charge on any atom is -0.483 e. The number of oxazole rings is 1. The Bertz CT molecular complexity index is 1010. The van der Waals surface area contributed by atoms with Crippen molar-refractivity contribution in [3.05, 3.63) is 58.6 Å². The largest absolute Gasteiger partial charge is 0.483 e. The number of carbonyl (C=O) groups excluding carboxylic acids is 1. The van der Waals surface area contributed by atoms with Crippen LogP contribution in [-0.4, -0.2) is 17.1 Å². The topological polar surface area (TPSA) is 73.5 Å². The first kappa shape index (κ1) is 18.8. The zero-order chi connectivity index (χ0) is 19.6. The summed E-state index contributed by atoms with van der Waals surface area (Å²) in [5, 5.41) is 2.78. The number of ether oxygens (including phenoxy) is 1. The number of benzene rings is 2. The number of carbonyl (C=O) groups is 1. The lowest BCUT2D eigenvalue weighted by Gasteiger charge is -2.13. The van der Waals surface area contributed by atoms with E-state index in [-0.39, 0.29) is 18.6 Å². The molecule has 0 saturated carbocycles. The van der Waals surface area contributed by atoms with E-state index in [1.165, 1.54) is 0 Å². The van der Waals surface area contributed by atoms with Crippen LogP contribution in [0, 0.1) is 0 Å². The molecule has 0 aliphatic heterocycles. The van der Waals surface area contributed by atoms with Crippen molar-refractivity contribution in [2.45, 2.75) is 39.7 Å². The van der Waals surface area contributed by atoms with Crippen molar-refractivity contribution in [2.75, 3.05) is 11.9 Å². The van der Waals surface area contributed by atoms with Crippen LogP contribution in [0.25, 0.3) is 11.1 Å². The molecule has 0 spiro atoms. The minimum absolute atomic E-state index is 0.00591. The van der Waals surface area contributed by atoms with Gasteiger partial charge in [-0.25, -0.2) is 4.79 Å². The molecule has 0 atom stereocenters. The number of rotatable bonds is 6. The third-order valence-corrected chi connectivity index (χ3v) is 4.31. The summed E-state index contributed by atoms with van der Waals surface area (Å²) < 4.78 is 12.5. The first-order valence-corrected chi connectivity index (χ1v) is 9.03. The van der Waals surface area contributed by atoms with Gasteiger partial charge in [0.2, 0.25) is 0 Å². The molecule has 142 valence electrons. The third-order valence-electron chi connectivity index (χ3n) is 4.31. The number of hydrogen-bond donors (Lipinski definition) is 1. The first-order chi connectivity index (χ1) is 12.9. The number of nitrogens with zero attached hydrogens (tertiary/aromatic N) is 1. The molecule has 0 saturated heterocycles. The molecule has 0 aliphatic rings. The van der Waals surface area contributed by atoms with E-state index in [4.69, 9.17) is 9.15 Å². The molecule has 2 aromatic carbocycles. The number of para-hydroxylation sites is 1. The highest BCUT2D eigenvalue weighted by Gasteiger charge is 2.14. The Hall–Kier alpha value is -3.02. The molecule has 0 unspecified atom stereocenters. The Labute approximate surface area is 157 Å². The lowest BCUT2D eigenvalue weighted by Crippen LogP contribution is -2.20. The smallest absolute Gasteiger partial charge is 0.420 e. The third kappa shape index (κ3) is 4.05. The van der Waals surface area contributed by atoms with Gasteiger partial charge in [0.05, 0.1) is 5.52 Å². The van der Waals surface area contributed by atoms with Gasteiger partial charge < -0.3 is 14.5 Å². The fraction of sp³-hybridized carbons (Fsp3) is 0.333. The highest BCUT2D eigenvalue weighted by molar-refractivity contribution is 5.93. The molecule has 0 aliphatic carbocycles. The van der Waals surface area contributed by atoms with Gasteiger partial charge in [-0.15, -0.1) is 0 Å². The van der Waals surface area contributed by atoms with E-state index in [1.807, 2.05) is 38.1 Å². The summed E-state index contributed by atoms with van der Waals surface area (Å²) in [7, 11) is 0. The molecule has 0 bridgehead atoms. The molecular formula is C21H24N2O4. The van der Waals surface area contributed by atoms with Crippen molar-refractivity contribution in [2.24, 2.45) is 0 Å². The summed E-state index contributed by atoms with van der Waals surface area (Å²) in [6.45, 7) is 7.89. The average molecular weight is 368 g/mol. The number of aromatic nitrogens is 1. The molecule has 27 heavy (non-hydrogen) atoms. The van der Waals surface area contributed by atoms with E-state index in [9.17, 15) is 9.59 Å². The Kier molecular flexibility index (Phi) is 5.35. The lowest BCUT2D eigenvalue weighted by atomic mass is 10.0. The lowest BCUT2D eigenvalue weighted by molar-refractivity contribution is -0.118. The zero-order valence-electron chi connectivity index (χ0n) is 16.0. The molecule has 0 fully saturated rings. The molecule has 3 rings (SSSR count). The average Bonchev–Trinajstić information content (AvgIpc) is 2.95. The standard InChI is InChI=1S/C21H24N2O4/c1-13(2)16-7-5-6-8-18(16)26-12-20(24)22-15-9-10-17-19(11-15)27-21(25)23(17)14(3)4/h5-11,13-14H,12H2,1-4H3,(H,22,24). The van der Waals surface area contributed by atoms with Gasteiger partial charge in [0.15, 0.2) is 12.2 Å². The maximum atomic E-state index is 12.2. The number of fused-ring (bicyclic) bond motifs is 1. The highest BCUT2D eigenvalue weighted by atomic mass is 16.5. The van der Waals surface area contributed by atoms with Crippen LogP contribution in [0.1, 0.15) is 45.2 Å². The minimum atomic E-state index is -0.405. The predicted octanol–water partition coefficient (Wildman–Crippen LogP) is 4.32. The fourth-order valence-electron chi connectivity index (χ4n) is 3.03. The second-order valence-electron chi connectivity index (χ2n) is 7.04. The van der Waals surface area contributed by atoms with E-state index in [2.05, 4.69) is 19.2 Å². The SMILES string of the molecule is CC(C)c1ccccc1OCC(=O)Nc1ccc2c(c1)oc(=O)n2C(C)C. The van der Waals surface area contributed by atoms with Crippen molar-refractivity contribution in [1.29, 1.82) is 0 Å². The van der Waals surface area contributed by atoms with Gasteiger partial charge >= 0.3 is 5.76 Å². The van der Waals surface area contributed by atoms with Crippen LogP contribution < -0.4 is 15.8 Å². The maximum Gasteiger partial charge on any atom is 0.420 e. The highest BCUT2D eigenvalue weighted by Crippen LogP contribution is 2.26. The van der Waals surface area contributed by atoms with E-state index in [0.717, 1.165) is 5.56 Å². The van der Waals surface area contributed by atoms with Gasteiger partial charge in [0.1, 0.15) is 5.75 Å². The van der Waals surface area contributed by atoms with E-state index in [1.54, 1.807) is 22.8 Å². The van der Waals surface area contributed by atoms with Crippen molar-refractivity contribution < 1.29 is 13.9 Å². The fourth-order valence-corrected chi connectivity index (χ4v) is 3.03. The number of nitrogens with one attached hydrogen (secondary N) is 1. The molecule has 3 aromatic rings. The Morgan fingerprint density at radius 1 is 1.15 bits per heavy atom. The van der Waals surface area contributed by atoms with Crippen molar-refractivity contribution in [3.8, 4) is 5.75 Å².